The number of nitrogens with zero attached hydrogens (tertiary/aromatic N) is 3. The number of rotatable bonds is 6. The smallest absolute Gasteiger partial charge is 0.225 e. The molecule has 1 aromatic heterocycles. The number of hydrogen-bond acceptors (Lipinski definition) is 5. The molecule has 3 heterocycles. The number of benzene rings is 1. The summed E-state index contributed by atoms with van der Waals surface area (Å²) in [5.41, 5.74) is 2.42. The zero-order chi connectivity index (χ0) is 18.8. The van der Waals surface area contributed by atoms with Crippen LogP contribution in [0.15, 0.2) is 35.7 Å². The molecule has 5 nitrogen and oxygen atoms in total. The van der Waals surface area contributed by atoms with Crippen LogP contribution in [-0.2, 0) is 16.1 Å². The molecule has 2 aliphatic rings. The molecule has 6 heteroatoms. The van der Waals surface area contributed by atoms with Crippen LogP contribution in [0.4, 0.5) is 0 Å². The summed E-state index contributed by atoms with van der Waals surface area (Å²) in [6, 6.07) is 10.7. The number of carbonyl (C=O) groups is 1. The van der Waals surface area contributed by atoms with Gasteiger partial charge in [-0.25, -0.2) is 4.98 Å². The Balaban J connectivity index is 1.51. The SMILES string of the molecule is COCCC(=O)N1C[C@@H]2CN(Cc3csc(C)n3)C[C@@H]2[C@H]1c1ccccc1. The van der Waals surface area contributed by atoms with E-state index in [0.29, 0.717) is 24.9 Å². The van der Waals surface area contributed by atoms with E-state index in [2.05, 4.69) is 51.4 Å². The summed E-state index contributed by atoms with van der Waals surface area (Å²) in [6.45, 7) is 6.37. The van der Waals surface area contributed by atoms with Crippen molar-refractivity contribution in [1.82, 2.24) is 14.8 Å². The second-order valence-electron chi connectivity index (χ2n) is 7.62. The van der Waals surface area contributed by atoms with Crippen molar-refractivity contribution in [2.45, 2.75) is 25.9 Å². The number of fused-ring (bicyclic) bond motifs is 1. The number of likely N-dealkylation sites (tertiary alicyclic amines) is 2. The van der Waals surface area contributed by atoms with E-state index in [1.165, 1.54) is 11.3 Å². The Labute approximate surface area is 165 Å². The maximum absolute atomic E-state index is 12.8. The molecule has 27 heavy (non-hydrogen) atoms. The zero-order valence-corrected chi connectivity index (χ0v) is 16.8. The predicted octanol–water partition coefficient (Wildman–Crippen LogP) is 3.12. The lowest BCUT2D eigenvalue weighted by Gasteiger charge is -2.30. The Morgan fingerprint density at radius 3 is 2.78 bits per heavy atom. The van der Waals surface area contributed by atoms with Crippen LogP contribution < -0.4 is 0 Å². The Morgan fingerprint density at radius 2 is 2.07 bits per heavy atom. The summed E-state index contributed by atoms with van der Waals surface area (Å²) in [4.78, 5) is 22.1. The summed E-state index contributed by atoms with van der Waals surface area (Å²) >= 11 is 1.72. The molecular weight excluding hydrogens is 358 g/mol. The van der Waals surface area contributed by atoms with Gasteiger partial charge in [-0.15, -0.1) is 11.3 Å². The first kappa shape index (κ1) is 18.6. The first-order valence-corrected chi connectivity index (χ1v) is 10.5. The first-order valence-electron chi connectivity index (χ1n) is 9.62. The minimum absolute atomic E-state index is 0.169. The van der Waals surface area contributed by atoms with Crippen LogP contribution in [0.3, 0.4) is 0 Å². The van der Waals surface area contributed by atoms with Crippen LogP contribution in [-0.4, -0.2) is 54.0 Å². The van der Waals surface area contributed by atoms with Gasteiger partial charge in [0.25, 0.3) is 0 Å². The van der Waals surface area contributed by atoms with Crippen LogP contribution in [0.2, 0.25) is 0 Å². The summed E-state index contributed by atoms with van der Waals surface area (Å²) in [6.07, 6.45) is 0.459. The number of thiazole rings is 1. The highest BCUT2D eigenvalue weighted by Crippen LogP contribution is 2.45. The van der Waals surface area contributed by atoms with Gasteiger partial charge in [0.1, 0.15) is 0 Å². The van der Waals surface area contributed by atoms with Crippen molar-refractivity contribution in [2.75, 3.05) is 33.4 Å². The highest BCUT2D eigenvalue weighted by molar-refractivity contribution is 7.09. The zero-order valence-electron chi connectivity index (χ0n) is 16.0. The van der Waals surface area contributed by atoms with Crippen molar-refractivity contribution < 1.29 is 9.53 Å². The van der Waals surface area contributed by atoms with Crippen LogP contribution in [0, 0.1) is 18.8 Å². The van der Waals surface area contributed by atoms with Gasteiger partial charge in [0.05, 0.1) is 29.8 Å². The molecule has 2 aromatic rings. The topological polar surface area (TPSA) is 45.7 Å². The molecular formula is C21H27N3O2S. The maximum Gasteiger partial charge on any atom is 0.225 e. The average molecular weight is 386 g/mol. The molecule has 0 saturated carbocycles. The Kier molecular flexibility index (Phi) is 5.57. The number of carbonyl (C=O) groups excluding carboxylic acids is 1. The highest BCUT2D eigenvalue weighted by Gasteiger charge is 2.48. The molecule has 0 unspecified atom stereocenters. The van der Waals surface area contributed by atoms with Gasteiger partial charge >= 0.3 is 0 Å². The van der Waals surface area contributed by atoms with Crippen molar-refractivity contribution in [3.63, 3.8) is 0 Å². The minimum Gasteiger partial charge on any atom is -0.384 e. The number of ether oxygens (including phenoxy) is 1. The molecule has 2 fully saturated rings. The lowest BCUT2D eigenvalue weighted by molar-refractivity contribution is -0.133. The second-order valence-corrected chi connectivity index (χ2v) is 8.68. The Hall–Kier alpha value is -1.76. The third-order valence-electron chi connectivity index (χ3n) is 5.77. The van der Waals surface area contributed by atoms with Crippen LogP contribution in [0.25, 0.3) is 0 Å². The summed E-state index contributed by atoms with van der Waals surface area (Å²) in [5, 5.41) is 3.29. The second kappa shape index (κ2) is 8.09. The monoisotopic (exact) mass is 385 g/mol. The van der Waals surface area contributed by atoms with Gasteiger partial charge in [-0.1, -0.05) is 30.3 Å². The Morgan fingerprint density at radius 1 is 1.26 bits per heavy atom. The molecule has 144 valence electrons. The number of aryl methyl sites for hydroxylation is 1. The average Bonchev–Trinajstić information content (AvgIpc) is 3.34. The lowest BCUT2D eigenvalue weighted by Crippen LogP contribution is -2.36. The van der Waals surface area contributed by atoms with Gasteiger partial charge in [-0.05, 0) is 18.4 Å². The fourth-order valence-electron chi connectivity index (χ4n) is 4.64. The van der Waals surface area contributed by atoms with E-state index in [0.717, 1.165) is 31.2 Å². The summed E-state index contributed by atoms with van der Waals surface area (Å²) in [7, 11) is 1.65. The number of amides is 1. The van der Waals surface area contributed by atoms with Crippen molar-refractivity contribution in [3.05, 3.63) is 52.0 Å². The fraction of sp³-hybridized carbons (Fsp3) is 0.524. The van der Waals surface area contributed by atoms with E-state index in [1.54, 1.807) is 18.4 Å². The van der Waals surface area contributed by atoms with E-state index >= 15 is 0 Å². The molecule has 0 aliphatic carbocycles. The normalized spacial score (nSPS) is 25.1. The molecule has 0 bridgehead atoms. The largest absolute Gasteiger partial charge is 0.384 e. The standard InChI is InChI=1S/C21H27N3O2S/c1-15-22-18(14-27-15)12-23-10-17-11-24(20(25)8-9-26-2)21(19(17)13-23)16-6-4-3-5-7-16/h3-7,14,17,19,21H,8-13H2,1-2H3/t17-,19-,21+/m0/s1. The van der Waals surface area contributed by atoms with Crippen molar-refractivity contribution >= 4 is 17.2 Å². The highest BCUT2D eigenvalue weighted by atomic mass is 32.1. The van der Waals surface area contributed by atoms with E-state index < -0.39 is 0 Å². The molecule has 1 amide bonds. The molecule has 0 spiro atoms. The lowest BCUT2D eigenvalue weighted by atomic mass is 9.89. The van der Waals surface area contributed by atoms with Gasteiger partial charge in [0.2, 0.25) is 5.91 Å². The molecule has 2 aliphatic heterocycles. The molecule has 1 aromatic carbocycles. The van der Waals surface area contributed by atoms with E-state index in [1.807, 2.05) is 6.07 Å². The van der Waals surface area contributed by atoms with Crippen LogP contribution in [0.1, 0.15) is 28.7 Å². The fourth-order valence-corrected chi connectivity index (χ4v) is 5.25. The van der Waals surface area contributed by atoms with Gasteiger partial charge < -0.3 is 9.64 Å². The summed E-state index contributed by atoms with van der Waals surface area (Å²) < 4.78 is 5.13. The third kappa shape index (κ3) is 3.93. The summed E-state index contributed by atoms with van der Waals surface area (Å²) in [5.74, 6) is 1.22. The van der Waals surface area contributed by atoms with Crippen molar-refractivity contribution in [3.8, 4) is 0 Å². The van der Waals surface area contributed by atoms with Gasteiger partial charge in [-0.2, -0.15) is 0 Å². The first-order chi connectivity index (χ1) is 13.2. The molecule has 0 N–H and O–H groups in total. The molecule has 2 saturated heterocycles. The number of methoxy groups -OCH3 is 1. The van der Waals surface area contributed by atoms with E-state index in [4.69, 9.17) is 4.74 Å². The molecule has 4 rings (SSSR count). The Bertz CT molecular complexity index is 779. The van der Waals surface area contributed by atoms with E-state index in [9.17, 15) is 4.79 Å². The maximum atomic E-state index is 12.8. The van der Waals surface area contributed by atoms with Crippen LogP contribution >= 0.6 is 11.3 Å². The predicted molar refractivity (Wildman–Crippen MR) is 106 cm³/mol. The molecule has 3 atom stereocenters. The molecule has 0 radical (unpaired) electrons. The van der Waals surface area contributed by atoms with E-state index in [-0.39, 0.29) is 11.9 Å². The number of hydrogen-bond donors (Lipinski definition) is 0. The van der Waals surface area contributed by atoms with Gasteiger partial charge in [0, 0.05) is 44.6 Å². The van der Waals surface area contributed by atoms with Crippen molar-refractivity contribution in [2.24, 2.45) is 11.8 Å². The quantitative estimate of drug-likeness (QED) is 0.766. The van der Waals surface area contributed by atoms with Crippen LogP contribution in [0.5, 0.6) is 0 Å². The minimum atomic E-state index is 0.169. The van der Waals surface area contributed by atoms with Gasteiger partial charge in [0.15, 0.2) is 0 Å². The third-order valence-corrected chi connectivity index (χ3v) is 6.60. The number of aromatic nitrogens is 1. The van der Waals surface area contributed by atoms with Crippen molar-refractivity contribution in [1.29, 1.82) is 0 Å². The van der Waals surface area contributed by atoms with Gasteiger partial charge in [-0.3, -0.25) is 9.69 Å².